The van der Waals surface area contributed by atoms with Gasteiger partial charge >= 0.3 is 0 Å². The maximum Gasteiger partial charge on any atom is 0.196 e. The Morgan fingerprint density at radius 2 is 2.00 bits per heavy atom. The summed E-state index contributed by atoms with van der Waals surface area (Å²) in [6.45, 7) is 6.63. The van der Waals surface area contributed by atoms with Gasteiger partial charge in [-0.25, -0.2) is 9.02 Å². The van der Waals surface area contributed by atoms with Crippen molar-refractivity contribution in [3.8, 4) is 0 Å². The van der Waals surface area contributed by atoms with E-state index in [1.54, 1.807) is 12.1 Å². The Kier molecular flexibility index (Phi) is 4.15. The Morgan fingerprint density at radius 1 is 1.19 bits per heavy atom. The van der Waals surface area contributed by atoms with Gasteiger partial charge in [-0.15, -0.1) is 0 Å². The first kappa shape index (κ1) is 14.0. The largest absolute Gasteiger partial charge is 0.350 e. The molecular formula is C15H19FN4O. The molecule has 0 radical (unpaired) electrons. The van der Waals surface area contributed by atoms with Gasteiger partial charge in [0, 0.05) is 32.7 Å². The molecule has 0 amide bonds. The fourth-order valence-electron chi connectivity index (χ4n) is 2.68. The van der Waals surface area contributed by atoms with Gasteiger partial charge in [0.2, 0.25) is 0 Å². The third-order valence-corrected chi connectivity index (χ3v) is 3.91. The Bertz CT molecular complexity index is 593. The SMILES string of the molecule is Cc1nonc1N1CCN(CCc2cccc(F)c2)CC1. The van der Waals surface area contributed by atoms with Crippen molar-refractivity contribution in [1.82, 2.24) is 15.2 Å². The Labute approximate surface area is 123 Å². The first-order valence-corrected chi connectivity index (χ1v) is 7.23. The van der Waals surface area contributed by atoms with Crippen molar-refractivity contribution in [3.05, 3.63) is 41.3 Å². The molecule has 3 rings (SSSR count). The third kappa shape index (κ3) is 3.39. The monoisotopic (exact) mass is 290 g/mol. The molecule has 2 heterocycles. The number of anilines is 1. The van der Waals surface area contributed by atoms with Gasteiger partial charge in [-0.05, 0) is 36.2 Å². The predicted molar refractivity (Wildman–Crippen MR) is 77.8 cm³/mol. The third-order valence-electron chi connectivity index (χ3n) is 3.91. The zero-order valence-electron chi connectivity index (χ0n) is 12.1. The molecule has 21 heavy (non-hydrogen) atoms. The van der Waals surface area contributed by atoms with E-state index >= 15 is 0 Å². The van der Waals surface area contributed by atoms with Gasteiger partial charge in [0.25, 0.3) is 0 Å². The van der Waals surface area contributed by atoms with Crippen LogP contribution in [-0.4, -0.2) is 47.9 Å². The van der Waals surface area contributed by atoms with E-state index < -0.39 is 0 Å². The molecule has 0 bridgehead atoms. The lowest BCUT2D eigenvalue weighted by Crippen LogP contribution is -2.47. The molecule has 1 aliphatic rings. The van der Waals surface area contributed by atoms with E-state index in [2.05, 4.69) is 20.1 Å². The molecule has 1 aliphatic heterocycles. The Morgan fingerprint density at radius 3 is 2.67 bits per heavy atom. The lowest BCUT2D eigenvalue weighted by atomic mass is 10.1. The smallest absolute Gasteiger partial charge is 0.196 e. The summed E-state index contributed by atoms with van der Waals surface area (Å²) in [5.41, 5.74) is 1.89. The van der Waals surface area contributed by atoms with E-state index in [9.17, 15) is 4.39 Å². The van der Waals surface area contributed by atoms with Crippen LogP contribution < -0.4 is 4.90 Å². The van der Waals surface area contributed by atoms with Crippen molar-refractivity contribution in [2.75, 3.05) is 37.6 Å². The normalized spacial score (nSPS) is 16.4. The molecule has 1 fully saturated rings. The maximum absolute atomic E-state index is 13.1. The number of aryl methyl sites for hydroxylation is 1. The van der Waals surface area contributed by atoms with Gasteiger partial charge in [-0.1, -0.05) is 17.3 Å². The molecular weight excluding hydrogens is 271 g/mol. The summed E-state index contributed by atoms with van der Waals surface area (Å²) in [5, 5.41) is 7.77. The summed E-state index contributed by atoms with van der Waals surface area (Å²) < 4.78 is 17.9. The van der Waals surface area contributed by atoms with Crippen molar-refractivity contribution < 1.29 is 9.02 Å². The van der Waals surface area contributed by atoms with Crippen LogP contribution in [0.2, 0.25) is 0 Å². The highest BCUT2D eigenvalue weighted by atomic mass is 19.1. The van der Waals surface area contributed by atoms with Crippen LogP contribution in [0.25, 0.3) is 0 Å². The minimum Gasteiger partial charge on any atom is -0.350 e. The first-order chi connectivity index (χ1) is 10.2. The highest BCUT2D eigenvalue weighted by Gasteiger charge is 2.21. The van der Waals surface area contributed by atoms with Gasteiger partial charge in [0.1, 0.15) is 11.5 Å². The van der Waals surface area contributed by atoms with Crippen LogP contribution in [-0.2, 0) is 6.42 Å². The number of piperazine rings is 1. The van der Waals surface area contributed by atoms with E-state index in [-0.39, 0.29) is 5.82 Å². The second-order valence-corrected chi connectivity index (χ2v) is 5.38. The fraction of sp³-hybridized carbons (Fsp3) is 0.467. The average Bonchev–Trinajstić information content (AvgIpc) is 2.92. The van der Waals surface area contributed by atoms with Gasteiger partial charge < -0.3 is 4.90 Å². The summed E-state index contributed by atoms with van der Waals surface area (Å²) in [7, 11) is 0. The minimum absolute atomic E-state index is 0.161. The number of nitrogens with zero attached hydrogens (tertiary/aromatic N) is 4. The van der Waals surface area contributed by atoms with Crippen LogP contribution in [0.5, 0.6) is 0 Å². The second-order valence-electron chi connectivity index (χ2n) is 5.38. The summed E-state index contributed by atoms with van der Waals surface area (Å²) in [6, 6.07) is 6.84. The topological polar surface area (TPSA) is 45.4 Å². The fourth-order valence-corrected chi connectivity index (χ4v) is 2.68. The minimum atomic E-state index is -0.161. The van der Waals surface area contributed by atoms with Crippen LogP contribution in [0.4, 0.5) is 10.2 Å². The predicted octanol–water partition coefficient (Wildman–Crippen LogP) is 1.88. The van der Waals surface area contributed by atoms with Crippen LogP contribution >= 0.6 is 0 Å². The van der Waals surface area contributed by atoms with Crippen molar-refractivity contribution in [3.63, 3.8) is 0 Å². The Balaban J connectivity index is 1.49. The number of benzene rings is 1. The molecule has 2 aromatic rings. The van der Waals surface area contributed by atoms with Crippen molar-refractivity contribution in [2.24, 2.45) is 0 Å². The molecule has 1 aromatic carbocycles. The van der Waals surface area contributed by atoms with Crippen molar-refractivity contribution >= 4 is 5.82 Å². The maximum atomic E-state index is 13.1. The lowest BCUT2D eigenvalue weighted by Gasteiger charge is -2.34. The Hall–Kier alpha value is -1.95. The van der Waals surface area contributed by atoms with E-state index in [1.807, 2.05) is 13.0 Å². The molecule has 112 valence electrons. The summed E-state index contributed by atoms with van der Waals surface area (Å²) >= 11 is 0. The van der Waals surface area contributed by atoms with Crippen LogP contribution in [0.1, 0.15) is 11.3 Å². The van der Waals surface area contributed by atoms with Gasteiger partial charge in [0.05, 0.1) is 0 Å². The van der Waals surface area contributed by atoms with Gasteiger partial charge in [0.15, 0.2) is 5.82 Å². The highest BCUT2D eigenvalue weighted by molar-refractivity contribution is 5.41. The van der Waals surface area contributed by atoms with Gasteiger partial charge in [-0.3, -0.25) is 4.90 Å². The second kappa shape index (κ2) is 6.22. The number of rotatable bonds is 4. The molecule has 6 heteroatoms. The standard InChI is InChI=1S/C15H19FN4O/c1-12-15(18-21-17-12)20-9-7-19(8-10-20)6-5-13-3-2-4-14(16)11-13/h2-4,11H,5-10H2,1H3. The molecule has 0 N–H and O–H groups in total. The molecule has 0 aliphatic carbocycles. The summed E-state index contributed by atoms with van der Waals surface area (Å²) in [4.78, 5) is 4.59. The molecule has 1 aromatic heterocycles. The molecule has 1 saturated heterocycles. The average molecular weight is 290 g/mol. The number of aromatic nitrogens is 2. The zero-order valence-corrected chi connectivity index (χ0v) is 12.1. The number of halogens is 1. The molecule has 0 atom stereocenters. The molecule has 0 saturated carbocycles. The van der Waals surface area contributed by atoms with E-state index in [0.717, 1.165) is 56.2 Å². The zero-order chi connectivity index (χ0) is 14.7. The summed E-state index contributed by atoms with van der Waals surface area (Å²) in [6.07, 6.45) is 0.877. The highest BCUT2D eigenvalue weighted by Crippen LogP contribution is 2.16. The van der Waals surface area contributed by atoms with E-state index in [0.29, 0.717) is 0 Å². The van der Waals surface area contributed by atoms with Crippen molar-refractivity contribution in [2.45, 2.75) is 13.3 Å². The first-order valence-electron chi connectivity index (χ1n) is 7.23. The molecule has 5 nitrogen and oxygen atoms in total. The van der Waals surface area contributed by atoms with Crippen molar-refractivity contribution in [1.29, 1.82) is 0 Å². The van der Waals surface area contributed by atoms with E-state index in [4.69, 9.17) is 4.63 Å². The van der Waals surface area contributed by atoms with Crippen LogP contribution in [0.3, 0.4) is 0 Å². The molecule has 0 spiro atoms. The number of hydrogen-bond acceptors (Lipinski definition) is 5. The number of hydrogen-bond donors (Lipinski definition) is 0. The van der Waals surface area contributed by atoms with E-state index in [1.165, 1.54) is 6.07 Å². The quantitative estimate of drug-likeness (QED) is 0.860. The summed E-state index contributed by atoms with van der Waals surface area (Å²) in [5.74, 6) is 0.686. The lowest BCUT2D eigenvalue weighted by molar-refractivity contribution is 0.257. The van der Waals surface area contributed by atoms with Crippen LogP contribution in [0.15, 0.2) is 28.9 Å². The van der Waals surface area contributed by atoms with Gasteiger partial charge in [-0.2, -0.15) is 0 Å². The molecule has 0 unspecified atom stereocenters. The van der Waals surface area contributed by atoms with Crippen LogP contribution in [0, 0.1) is 12.7 Å².